The number of hydrogen-bond acceptors (Lipinski definition) is 5. The van der Waals surface area contributed by atoms with Gasteiger partial charge in [-0.15, -0.1) is 5.10 Å². The predicted molar refractivity (Wildman–Crippen MR) is 57.0 cm³/mol. The normalized spacial score (nSPS) is 23.5. The molecule has 8 heteroatoms. The fourth-order valence-electron chi connectivity index (χ4n) is 1.97. The molecule has 1 amide bonds. The zero-order valence-corrected chi connectivity index (χ0v) is 9.01. The molecular formula is C9H13N5O3. The molecule has 0 spiro atoms. The van der Waals surface area contributed by atoms with E-state index in [2.05, 4.69) is 20.5 Å². The minimum Gasteiger partial charge on any atom is -0.481 e. The number of carbonyl (C=O) groups is 2. The van der Waals surface area contributed by atoms with Gasteiger partial charge in [-0.3, -0.25) is 14.7 Å². The molecule has 0 saturated heterocycles. The highest BCUT2D eigenvalue weighted by atomic mass is 16.4. The number of aliphatic carboxylic acids is 1. The third kappa shape index (κ3) is 2.52. The number of amides is 1. The number of rotatable bonds is 3. The van der Waals surface area contributed by atoms with Gasteiger partial charge in [0.05, 0.1) is 5.92 Å². The average molecular weight is 239 g/mol. The van der Waals surface area contributed by atoms with Crippen LogP contribution in [0.15, 0.2) is 0 Å². The first kappa shape index (κ1) is 11.4. The zero-order valence-electron chi connectivity index (χ0n) is 9.01. The van der Waals surface area contributed by atoms with Gasteiger partial charge in [-0.1, -0.05) is 0 Å². The second kappa shape index (κ2) is 4.40. The summed E-state index contributed by atoms with van der Waals surface area (Å²) in [5, 5.41) is 17.5. The van der Waals surface area contributed by atoms with Crippen molar-refractivity contribution < 1.29 is 14.7 Å². The lowest BCUT2D eigenvalue weighted by Gasteiger charge is -2.10. The number of nitrogens with two attached hydrogens (primary N) is 1. The molecule has 0 aliphatic heterocycles. The van der Waals surface area contributed by atoms with Crippen LogP contribution in [0.25, 0.3) is 0 Å². The number of aromatic nitrogens is 3. The van der Waals surface area contributed by atoms with Crippen LogP contribution in [0, 0.1) is 5.92 Å². The monoisotopic (exact) mass is 239 g/mol. The number of H-pyrrole nitrogens is 1. The molecule has 1 heterocycles. The van der Waals surface area contributed by atoms with Gasteiger partial charge in [0.2, 0.25) is 11.8 Å². The average Bonchev–Trinajstić information content (AvgIpc) is 2.86. The lowest BCUT2D eigenvalue weighted by Crippen LogP contribution is -2.34. The molecule has 0 radical (unpaired) electrons. The minimum absolute atomic E-state index is 0.00462. The van der Waals surface area contributed by atoms with Gasteiger partial charge in [-0.2, -0.15) is 4.98 Å². The summed E-state index contributed by atoms with van der Waals surface area (Å²) in [5.41, 5.74) is 5.28. The number of aromatic amines is 1. The number of carboxylic acid groups (broad SMARTS) is 1. The van der Waals surface area contributed by atoms with E-state index in [0.717, 1.165) is 0 Å². The summed E-state index contributed by atoms with van der Waals surface area (Å²) in [4.78, 5) is 26.1. The third-order valence-corrected chi connectivity index (χ3v) is 2.83. The summed E-state index contributed by atoms with van der Waals surface area (Å²) in [6.07, 6.45) is 1.69. The van der Waals surface area contributed by atoms with Crippen LogP contribution in [0.3, 0.4) is 0 Å². The zero-order chi connectivity index (χ0) is 12.4. The number of anilines is 1. The number of hydrogen-bond donors (Lipinski definition) is 4. The van der Waals surface area contributed by atoms with Crippen LogP contribution < -0.4 is 11.1 Å². The van der Waals surface area contributed by atoms with Gasteiger partial charge in [-0.05, 0) is 19.3 Å². The van der Waals surface area contributed by atoms with Crippen molar-refractivity contribution in [3.63, 3.8) is 0 Å². The Labute approximate surface area is 96.6 Å². The molecule has 1 saturated carbocycles. The molecule has 1 aliphatic rings. The summed E-state index contributed by atoms with van der Waals surface area (Å²) < 4.78 is 0. The number of carboxylic acids is 1. The lowest BCUT2D eigenvalue weighted by molar-refractivity contribution is -0.141. The molecule has 1 fully saturated rings. The van der Waals surface area contributed by atoms with Gasteiger partial charge in [0.1, 0.15) is 0 Å². The first-order chi connectivity index (χ1) is 8.06. The predicted octanol–water partition coefficient (Wildman–Crippen LogP) is -0.630. The van der Waals surface area contributed by atoms with E-state index in [1.165, 1.54) is 0 Å². The van der Waals surface area contributed by atoms with E-state index in [4.69, 9.17) is 10.8 Å². The van der Waals surface area contributed by atoms with Crippen molar-refractivity contribution in [1.82, 2.24) is 20.5 Å². The Kier molecular flexibility index (Phi) is 2.94. The first-order valence-electron chi connectivity index (χ1n) is 5.28. The molecule has 8 nitrogen and oxygen atoms in total. The molecule has 5 N–H and O–H groups in total. The fourth-order valence-corrected chi connectivity index (χ4v) is 1.97. The largest absolute Gasteiger partial charge is 0.481 e. The quantitative estimate of drug-likeness (QED) is 0.554. The molecule has 1 aromatic rings. The molecule has 17 heavy (non-hydrogen) atoms. The van der Waals surface area contributed by atoms with E-state index in [1.807, 2.05) is 0 Å². The number of nitrogen functional groups attached to an aromatic ring is 1. The Morgan fingerprint density at radius 2 is 2.24 bits per heavy atom. The van der Waals surface area contributed by atoms with Crippen molar-refractivity contribution in [3.05, 3.63) is 5.82 Å². The Balaban J connectivity index is 1.90. The van der Waals surface area contributed by atoms with E-state index in [1.54, 1.807) is 0 Å². The Bertz CT molecular complexity index is 444. The summed E-state index contributed by atoms with van der Waals surface area (Å²) in [6.45, 7) is 0. The van der Waals surface area contributed by atoms with Crippen LogP contribution in [0.2, 0.25) is 0 Å². The van der Waals surface area contributed by atoms with Crippen LogP contribution in [-0.4, -0.2) is 38.2 Å². The van der Waals surface area contributed by atoms with Crippen LogP contribution in [-0.2, 0) is 4.79 Å². The Morgan fingerprint density at radius 3 is 2.76 bits per heavy atom. The van der Waals surface area contributed by atoms with Crippen LogP contribution in [0.5, 0.6) is 0 Å². The summed E-state index contributed by atoms with van der Waals surface area (Å²) in [7, 11) is 0. The highest BCUT2D eigenvalue weighted by Crippen LogP contribution is 2.25. The van der Waals surface area contributed by atoms with Crippen LogP contribution in [0.1, 0.15) is 29.9 Å². The molecule has 0 bridgehead atoms. The molecule has 92 valence electrons. The molecule has 2 atom stereocenters. The Hall–Kier alpha value is -2.12. The molecule has 1 aromatic heterocycles. The number of nitrogens with zero attached hydrogens (tertiary/aromatic N) is 2. The van der Waals surface area contributed by atoms with Gasteiger partial charge in [0.25, 0.3) is 5.91 Å². The standard InChI is InChI=1S/C9H13N5O3/c10-9-12-6(13-14-9)7(15)11-5-2-1-4(3-5)8(16)17/h4-5H,1-3H2,(H,11,15)(H,16,17)(H3,10,12,13,14)/t4-,5+/m1/s1. The minimum atomic E-state index is -0.814. The summed E-state index contributed by atoms with van der Waals surface area (Å²) in [5.74, 6) is -1.55. The van der Waals surface area contributed by atoms with E-state index >= 15 is 0 Å². The topological polar surface area (TPSA) is 134 Å². The van der Waals surface area contributed by atoms with Crippen molar-refractivity contribution in [1.29, 1.82) is 0 Å². The van der Waals surface area contributed by atoms with Crippen molar-refractivity contribution in [2.24, 2.45) is 5.92 Å². The van der Waals surface area contributed by atoms with Gasteiger partial charge < -0.3 is 16.2 Å². The SMILES string of the molecule is Nc1n[nH]c(C(=O)N[C@H]2CC[C@@H](C(=O)O)C2)n1. The molecule has 1 aliphatic carbocycles. The third-order valence-electron chi connectivity index (χ3n) is 2.83. The highest BCUT2D eigenvalue weighted by molar-refractivity contribution is 5.90. The second-order valence-electron chi connectivity index (χ2n) is 4.06. The van der Waals surface area contributed by atoms with E-state index in [9.17, 15) is 9.59 Å². The molecule has 0 unspecified atom stereocenters. The molecular weight excluding hydrogens is 226 g/mol. The van der Waals surface area contributed by atoms with Gasteiger partial charge in [-0.25, -0.2) is 0 Å². The summed E-state index contributed by atoms with van der Waals surface area (Å²) >= 11 is 0. The van der Waals surface area contributed by atoms with Gasteiger partial charge >= 0.3 is 5.97 Å². The maximum atomic E-state index is 11.6. The van der Waals surface area contributed by atoms with Crippen LogP contribution in [0.4, 0.5) is 5.95 Å². The maximum absolute atomic E-state index is 11.6. The number of nitrogens with one attached hydrogen (secondary N) is 2. The van der Waals surface area contributed by atoms with Crippen molar-refractivity contribution >= 4 is 17.8 Å². The van der Waals surface area contributed by atoms with E-state index < -0.39 is 11.9 Å². The van der Waals surface area contributed by atoms with Gasteiger partial charge in [0, 0.05) is 6.04 Å². The van der Waals surface area contributed by atoms with Crippen molar-refractivity contribution in [2.75, 3.05) is 5.73 Å². The van der Waals surface area contributed by atoms with Gasteiger partial charge in [0.15, 0.2) is 0 Å². The highest BCUT2D eigenvalue weighted by Gasteiger charge is 2.31. The first-order valence-corrected chi connectivity index (χ1v) is 5.28. The van der Waals surface area contributed by atoms with E-state index in [0.29, 0.717) is 19.3 Å². The lowest BCUT2D eigenvalue weighted by atomic mass is 10.1. The summed E-state index contributed by atoms with van der Waals surface area (Å²) in [6, 6.07) is -0.130. The second-order valence-corrected chi connectivity index (χ2v) is 4.06. The smallest absolute Gasteiger partial charge is 0.306 e. The van der Waals surface area contributed by atoms with Crippen molar-refractivity contribution in [2.45, 2.75) is 25.3 Å². The number of carbonyl (C=O) groups excluding carboxylic acids is 1. The molecule has 0 aromatic carbocycles. The van der Waals surface area contributed by atoms with E-state index in [-0.39, 0.29) is 23.7 Å². The fraction of sp³-hybridized carbons (Fsp3) is 0.556. The maximum Gasteiger partial charge on any atom is 0.306 e. The van der Waals surface area contributed by atoms with Crippen molar-refractivity contribution in [3.8, 4) is 0 Å². The van der Waals surface area contributed by atoms with Crippen LogP contribution >= 0.6 is 0 Å². The molecule has 2 rings (SSSR count). The Morgan fingerprint density at radius 1 is 1.47 bits per heavy atom.